The summed E-state index contributed by atoms with van der Waals surface area (Å²) in [4.78, 5) is 4.38. The number of likely N-dealkylation sites (tertiary alicyclic amines) is 1. The molecule has 0 unspecified atom stereocenters. The van der Waals surface area contributed by atoms with Crippen LogP contribution in [0.2, 0.25) is 0 Å². The number of anilines is 2. The van der Waals surface area contributed by atoms with Crippen LogP contribution in [0.5, 0.6) is 5.75 Å². The highest BCUT2D eigenvalue weighted by atomic mass is 19.4. The summed E-state index contributed by atoms with van der Waals surface area (Å²) in [6.07, 6.45) is -0.731. The van der Waals surface area contributed by atoms with Crippen LogP contribution in [0.25, 0.3) is 11.3 Å². The Bertz CT molecular complexity index is 934. The molecule has 30 heavy (non-hydrogen) atoms. The minimum atomic E-state index is -4.51. The first-order valence-electron chi connectivity index (χ1n) is 10.2. The number of aromatic hydroxyl groups is 1. The van der Waals surface area contributed by atoms with Crippen molar-refractivity contribution in [2.75, 3.05) is 43.9 Å². The largest absolute Gasteiger partial charge is 0.507 e. The van der Waals surface area contributed by atoms with Crippen molar-refractivity contribution in [1.82, 2.24) is 15.1 Å². The molecule has 0 bridgehead atoms. The Balaban J connectivity index is 1.73. The lowest BCUT2D eigenvalue weighted by molar-refractivity contribution is -0.137. The number of likely N-dealkylation sites (N-methyl/N-ethyl adjacent to an activating group) is 1. The van der Waals surface area contributed by atoms with Gasteiger partial charge in [-0.2, -0.15) is 13.2 Å². The second-order valence-corrected chi connectivity index (χ2v) is 8.22. The first-order valence-corrected chi connectivity index (χ1v) is 10.2. The maximum atomic E-state index is 13.0. The topological polar surface area (TPSA) is 64.5 Å². The molecule has 0 aliphatic carbocycles. The number of benzene rings is 1. The average molecular weight is 421 g/mol. The van der Waals surface area contributed by atoms with Crippen LogP contribution < -0.4 is 10.2 Å². The SMILES string of the molecule is CN1CCC[C@@H](Nc2nnc(-c3ccc(C(F)(F)F)cc3O)c3c2N(C)CCC3)C1. The lowest BCUT2D eigenvalue weighted by Gasteiger charge is -2.34. The third-order valence-electron chi connectivity index (χ3n) is 5.89. The van der Waals surface area contributed by atoms with Crippen LogP contribution in [0.4, 0.5) is 24.7 Å². The monoisotopic (exact) mass is 421 g/mol. The van der Waals surface area contributed by atoms with E-state index in [1.165, 1.54) is 6.07 Å². The fraction of sp³-hybridized carbons (Fsp3) is 0.524. The molecule has 1 atom stereocenters. The van der Waals surface area contributed by atoms with Crippen molar-refractivity contribution in [3.05, 3.63) is 29.3 Å². The lowest BCUT2D eigenvalue weighted by Crippen LogP contribution is -2.40. The highest BCUT2D eigenvalue weighted by Crippen LogP contribution is 2.42. The third-order valence-corrected chi connectivity index (χ3v) is 5.89. The van der Waals surface area contributed by atoms with Gasteiger partial charge < -0.3 is 20.2 Å². The number of hydrogen-bond donors (Lipinski definition) is 2. The van der Waals surface area contributed by atoms with Gasteiger partial charge in [0, 0.05) is 37.3 Å². The number of fused-ring (bicyclic) bond motifs is 1. The highest BCUT2D eigenvalue weighted by Gasteiger charge is 2.32. The Kier molecular flexibility index (Phi) is 5.48. The second kappa shape index (κ2) is 7.94. The molecule has 1 aromatic carbocycles. The molecular formula is C21H26F3N5O. The summed E-state index contributed by atoms with van der Waals surface area (Å²) < 4.78 is 38.9. The molecule has 6 nitrogen and oxygen atoms in total. The molecular weight excluding hydrogens is 395 g/mol. The van der Waals surface area contributed by atoms with E-state index in [9.17, 15) is 18.3 Å². The molecule has 9 heteroatoms. The van der Waals surface area contributed by atoms with Gasteiger partial charge in [0.2, 0.25) is 0 Å². The number of nitrogens with zero attached hydrogens (tertiary/aromatic N) is 4. The maximum absolute atomic E-state index is 13.0. The van der Waals surface area contributed by atoms with E-state index >= 15 is 0 Å². The summed E-state index contributed by atoms with van der Waals surface area (Å²) >= 11 is 0. The van der Waals surface area contributed by atoms with E-state index in [1.54, 1.807) is 0 Å². The van der Waals surface area contributed by atoms with Crippen molar-refractivity contribution < 1.29 is 18.3 Å². The van der Waals surface area contributed by atoms with Gasteiger partial charge in [-0.15, -0.1) is 10.2 Å². The highest BCUT2D eigenvalue weighted by molar-refractivity contribution is 5.81. The van der Waals surface area contributed by atoms with E-state index in [1.807, 2.05) is 7.05 Å². The zero-order chi connectivity index (χ0) is 21.5. The van der Waals surface area contributed by atoms with Gasteiger partial charge in [-0.05, 0) is 57.5 Å². The van der Waals surface area contributed by atoms with Gasteiger partial charge in [-0.3, -0.25) is 0 Å². The first-order chi connectivity index (χ1) is 14.2. The predicted molar refractivity (Wildman–Crippen MR) is 110 cm³/mol. The number of alkyl halides is 3. The molecule has 1 saturated heterocycles. The quantitative estimate of drug-likeness (QED) is 0.787. The number of halogens is 3. The third kappa shape index (κ3) is 4.03. The van der Waals surface area contributed by atoms with Crippen molar-refractivity contribution in [2.45, 2.75) is 37.9 Å². The molecule has 0 saturated carbocycles. The zero-order valence-electron chi connectivity index (χ0n) is 17.1. The van der Waals surface area contributed by atoms with E-state index in [-0.39, 0.29) is 11.6 Å². The van der Waals surface area contributed by atoms with Gasteiger partial charge in [0.15, 0.2) is 5.82 Å². The standard InChI is InChI=1S/C21H26F3N5O/c1-28-9-3-5-14(12-28)25-20-19-16(6-4-10-29(19)2)18(26-27-20)15-8-7-13(11-17(15)30)21(22,23)24/h7-8,11,14,30H,3-6,9-10,12H2,1-2H3,(H,25,27)/t14-/m1/s1. The number of rotatable bonds is 3. The predicted octanol–water partition coefficient (Wildman–Crippen LogP) is 3.76. The van der Waals surface area contributed by atoms with Crippen LogP contribution in [-0.4, -0.2) is 60.0 Å². The van der Waals surface area contributed by atoms with E-state index < -0.39 is 17.5 Å². The Morgan fingerprint density at radius 3 is 2.63 bits per heavy atom. The second-order valence-electron chi connectivity index (χ2n) is 8.22. The number of nitrogens with one attached hydrogen (secondary N) is 1. The average Bonchev–Trinajstić information content (AvgIpc) is 2.68. The molecule has 1 aromatic heterocycles. The normalized spacial score (nSPS) is 20.2. The summed E-state index contributed by atoms with van der Waals surface area (Å²) in [5.74, 6) is 0.256. The van der Waals surface area contributed by atoms with Crippen molar-refractivity contribution in [2.24, 2.45) is 0 Å². The van der Waals surface area contributed by atoms with Crippen molar-refractivity contribution in [3.8, 4) is 17.0 Å². The number of aromatic nitrogens is 2. The molecule has 2 aliphatic rings. The fourth-order valence-electron chi connectivity index (χ4n) is 4.42. The van der Waals surface area contributed by atoms with Crippen molar-refractivity contribution in [1.29, 1.82) is 0 Å². The molecule has 1 fully saturated rings. The summed E-state index contributed by atoms with van der Waals surface area (Å²) in [5.41, 5.74) is 1.64. The van der Waals surface area contributed by atoms with Crippen LogP contribution in [0.15, 0.2) is 18.2 Å². The van der Waals surface area contributed by atoms with Gasteiger partial charge in [0.05, 0.1) is 11.3 Å². The Morgan fingerprint density at radius 2 is 1.93 bits per heavy atom. The lowest BCUT2D eigenvalue weighted by atomic mass is 9.96. The Labute approximate surface area is 173 Å². The van der Waals surface area contributed by atoms with Gasteiger partial charge in [-0.25, -0.2) is 0 Å². The first kappa shape index (κ1) is 20.7. The van der Waals surface area contributed by atoms with Crippen LogP contribution in [0.1, 0.15) is 30.4 Å². The van der Waals surface area contributed by atoms with E-state index in [0.717, 1.165) is 68.7 Å². The molecule has 162 valence electrons. The van der Waals surface area contributed by atoms with E-state index in [2.05, 4.69) is 32.4 Å². The maximum Gasteiger partial charge on any atom is 0.416 e. The van der Waals surface area contributed by atoms with E-state index in [4.69, 9.17) is 0 Å². The smallest absolute Gasteiger partial charge is 0.416 e. The molecule has 2 aromatic rings. The van der Waals surface area contributed by atoms with Crippen LogP contribution in [0, 0.1) is 0 Å². The minimum absolute atomic E-state index is 0.266. The molecule has 4 rings (SSSR count). The number of phenolic OH excluding ortho intramolecular Hbond substituents is 1. The number of piperidine rings is 1. The minimum Gasteiger partial charge on any atom is -0.507 e. The Hall–Kier alpha value is -2.55. The van der Waals surface area contributed by atoms with Crippen LogP contribution in [-0.2, 0) is 12.6 Å². The molecule has 0 spiro atoms. The molecule has 2 aliphatic heterocycles. The summed E-state index contributed by atoms with van der Waals surface area (Å²) in [6.45, 7) is 2.85. The summed E-state index contributed by atoms with van der Waals surface area (Å²) in [6, 6.07) is 3.27. The van der Waals surface area contributed by atoms with Crippen molar-refractivity contribution >= 4 is 11.5 Å². The molecule has 0 amide bonds. The van der Waals surface area contributed by atoms with E-state index in [0.29, 0.717) is 11.5 Å². The molecule has 3 heterocycles. The summed E-state index contributed by atoms with van der Waals surface area (Å²) in [7, 11) is 4.08. The summed E-state index contributed by atoms with van der Waals surface area (Å²) in [5, 5.41) is 22.6. The molecule has 2 N–H and O–H groups in total. The van der Waals surface area contributed by atoms with Gasteiger partial charge >= 0.3 is 6.18 Å². The number of hydrogen-bond acceptors (Lipinski definition) is 6. The van der Waals surface area contributed by atoms with Crippen LogP contribution in [0.3, 0.4) is 0 Å². The zero-order valence-corrected chi connectivity index (χ0v) is 17.1. The number of phenols is 1. The Morgan fingerprint density at radius 1 is 1.13 bits per heavy atom. The van der Waals surface area contributed by atoms with Crippen LogP contribution >= 0.6 is 0 Å². The van der Waals surface area contributed by atoms with Gasteiger partial charge in [0.1, 0.15) is 11.4 Å². The van der Waals surface area contributed by atoms with Gasteiger partial charge in [-0.1, -0.05) is 0 Å². The van der Waals surface area contributed by atoms with Crippen molar-refractivity contribution in [3.63, 3.8) is 0 Å². The van der Waals surface area contributed by atoms with Gasteiger partial charge in [0.25, 0.3) is 0 Å². The fourth-order valence-corrected chi connectivity index (χ4v) is 4.42. The molecule has 0 radical (unpaired) electrons.